The number of carbonyl (C=O) groups excluding carboxylic acids is 1. The highest BCUT2D eigenvalue weighted by Crippen LogP contribution is 2.25. The summed E-state index contributed by atoms with van der Waals surface area (Å²) in [5.74, 6) is 0.123. The van der Waals surface area contributed by atoms with Crippen LogP contribution in [0.15, 0.2) is 48.5 Å². The van der Waals surface area contributed by atoms with Gasteiger partial charge in [-0.3, -0.25) is 0 Å². The molecule has 0 atom stereocenters. The SMILES string of the molecule is COC(=O)c1cc(N(C)C)ccc1OCc1ccccc1. The van der Waals surface area contributed by atoms with Gasteiger partial charge in [-0.15, -0.1) is 0 Å². The van der Waals surface area contributed by atoms with Crippen LogP contribution >= 0.6 is 0 Å². The van der Waals surface area contributed by atoms with Gasteiger partial charge in [0, 0.05) is 19.8 Å². The molecule has 0 spiro atoms. The number of benzene rings is 2. The minimum absolute atomic E-state index is 0.401. The Morgan fingerprint density at radius 3 is 2.43 bits per heavy atom. The number of anilines is 1. The molecule has 2 aromatic carbocycles. The maximum atomic E-state index is 11.9. The van der Waals surface area contributed by atoms with Crippen molar-refractivity contribution in [2.24, 2.45) is 0 Å². The number of methoxy groups -OCH3 is 1. The Balaban J connectivity index is 2.23. The van der Waals surface area contributed by atoms with Crippen LogP contribution in [0.2, 0.25) is 0 Å². The zero-order valence-electron chi connectivity index (χ0n) is 12.5. The molecule has 0 unspecified atom stereocenters. The van der Waals surface area contributed by atoms with E-state index < -0.39 is 5.97 Å². The molecular formula is C17H19NO3. The fourth-order valence-corrected chi connectivity index (χ4v) is 1.93. The Morgan fingerprint density at radius 1 is 1.10 bits per heavy atom. The molecule has 0 N–H and O–H groups in total. The molecule has 0 heterocycles. The Kier molecular flexibility index (Phi) is 4.82. The van der Waals surface area contributed by atoms with Gasteiger partial charge in [0.05, 0.1) is 7.11 Å². The fraction of sp³-hybridized carbons (Fsp3) is 0.235. The molecule has 0 fully saturated rings. The topological polar surface area (TPSA) is 38.8 Å². The van der Waals surface area contributed by atoms with Crippen molar-refractivity contribution in [3.8, 4) is 5.75 Å². The van der Waals surface area contributed by atoms with E-state index in [4.69, 9.17) is 9.47 Å². The summed E-state index contributed by atoms with van der Waals surface area (Å²) in [4.78, 5) is 13.8. The van der Waals surface area contributed by atoms with E-state index in [9.17, 15) is 4.79 Å². The molecule has 2 rings (SSSR count). The third-order valence-corrected chi connectivity index (χ3v) is 3.12. The second kappa shape index (κ2) is 6.79. The first-order valence-electron chi connectivity index (χ1n) is 6.68. The van der Waals surface area contributed by atoms with E-state index in [0.717, 1.165) is 11.3 Å². The van der Waals surface area contributed by atoms with Crippen molar-refractivity contribution in [1.29, 1.82) is 0 Å². The van der Waals surface area contributed by atoms with Crippen molar-refractivity contribution in [2.45, 2.75) is 6.61 Å². The summed E-state index contributed by atoms with van der Waals surface area (Å²) in [5.41, 5.74) is 2.40. The van der Waals surface area contributed by atoms with Gasteiger partial charge in [0.2, 0.25) is 0 Å². The third kappa shape index (κ3) is 3.75. The number of esters is 1. The highest BCUT2D eigenvalue weighted by atomic mass is 16.5. The molecule has 0 aromatic heterocycles. The average molecular weight is 285 g/mol. The van der Waals surface area contributed by atoms with E-state index in [1.165, 1.54) is 7.11 Å². The van der Waals surface area contributed by atoms with Crippen molar-refractivity contribution in [1.82, 2.24) is 0 Å². The van der Waals surface area contributed by atoms with Gasteiger partial charge in [-0.2, -0.15) is 0 Å². The quantitative estimate of drug-likeness (QED) is 0.791. The maximum absolute atomic E-state index is 11.9. The van der Waals surface area contributed by atoms with E-state index >= 15 is 0 Å². The summed E-state index contributed by atoms with van der Waals surface area (Å²) >= 11 is 0. The van der Waals surface area contributed by atoms with Gasteiger partial charge in [0.15, 0.2) is 0 Å². The van der Waals surface area contributed by atoms with Crippen LogP contribution < -0.4 is 9.64 Å². The largest absolute Gasteiger partial charge is 0.488 e. The lowest BCUT2D eigenvalue weighted by atomic mass is 10.1. The first-order chi connectivity index (χ1) is 10.1. The summed E-state index contributed by atoms with van der Waals surface area (Å²) in [6.07, 6.45) is 0. The standard InChI is InChI=1S/C17H19NO3/c1-18(2)14-9-10-16(15(11-14)17(19)20-3)21-12-13-7-5-4-6-8-13/h4-11H,12H2,1-3H3. The van der Waals surface area contributed by atoms with Crippen LogP contribution in [0.5, 0.6) is 5.75 Å². The summed E-state index contributed by atoms with van der Waals surface area (Å²) < 4.78 is 10.6. The summed E-state index contributed by atoms with van der Waals surface area (Å²) in [6.45, 7) is 0.409. The van der Waals surface area contributed by atoms with E-state index in [1.807, 2.05) is 55.4 Å². The van der Waals surface area contributed by atoms with Crippen molar-refractivity contribution >= 4 is 11.7 Å². The first kappa shape index (κ1) is 14.9. The zero-order chi connectivity index (χ0) is 15.2. The van der Waals surface area contributed by atoms with Crippen LogP contribution in [0.25, 0.3) is 0 Å². The molecular weight excluding hydrogens is 266 g/mol. The molecule has 0 aliphatic heterocycles. The molecule has 21 heavy (non-hydrogen) atoms. The van der Waals surface area contributed by atoms with Crippen LogP contribution in [0.3, 0.4) is 0 Å². The molecule has 0 aliphatic carbocycles. The highest BCUT2D eigenvalue weighted by Gasteiger charge is 2.15. The van der Waals surface area contributed by atoms with E-state index in [2.05, 4.69) is 0 Å². The number of hydrogen-bond donors (Lipinski definition) is 0. The molecule has 4 heteroatoms. The molecule has 0 radical (unpaired) electrons. The van der Waals surface area contributed by atoms with Gasteiger partial charge < -0.3 is 14.4 Å². The Hall–Kier alpha value is -2.49. The van der Waals surface area contributed by atoms with Gasteiger partial charge in [-0.05, 0) is 23.8 Å². The molecule has 110 valence electrons. The van der Waals surface area contributed by atoms with Crippen molar-refractivity contribution in [3.63, 3.8) is 0 Å². The van der Waals surface area contributed by atoms with Crippen molar-refractivity contribution < 1.29 is 14.3 Å². The second-order valence-corrected chi connectivity index (χ2v) is 4.84. The minimum atomic E-state index is -0.401. The predicted molar refractivity (Wildman–Crippen MR) is 82.9 cm³/mol. The van der Waals surface area contributed by atoms with Crippen LogP contribution in [-0.2, 0) is 11.3 Å². The summed E-state index contributed by atoms with van der Waals surface area (Å²) in [7, 11) is 5.20. The van der Waals surface area contributed by atoms with Gasteiger partial charge in [-0.1, -0.05) is 30.3 Å². The number of rotatable bonds is 5. The molecule has 0 saturated heterocycles. The number of hydrogen-bond acceptors (Lipinski definition) is 4. The second-order valence-electron chi connectivity index (χ2n) is 4.84. The lowest BCUT2D eigenvalue weighted by Gasteiger charge is -2.16. The van der Waals surface area contributed by atoms with Gasteiger partial charge in [-0.25, -0.2) is 4.79 Å². The smallest absolute Gasteiger partial charge is 0.341 e. The lowest BCUT2D eigenvalue weighted by Crippen LogP contribution is -2.11. The van der Waals surface area contributed by atoms with Crippen molar-refractivity contribution in [3.05, 3.63) is 59.7 Å². The molecule has 0 aliphatic rings. The number of nitrogens with zero attached hydrogens (tertiary/aromatic N) is 1. The molecule has 0 saturated carbocycles. The fourth-order valence-electron chi connectivity index (χ4n) is 1.93. The van der Waals surface area contributed by atoms with Gasteiger partial charge in [0.25, 0.3) is 0 Å². The molecule has 2 aromatic rings. The molecule has 0 amide bonds. The van der Waals surface area contributed by atoms with Crippen LogP contribution in [-0.4, -0.2) is 27.2 Å². The normalized spacial score (nSPS) is 10.0. The van der Waals surface area contributed by atoms with Crippen LogP contribution in [0.1, 0.15) is 15.9 Å². The van der Waals surface area contributed by atoms with E-state index in [-0.39, 0.29) is 0 Å². The minimum Gasteiger partial charge on any atom is -0.488 e. The average Bonchev–Trinajstić information content (AvgIpc) is 2.52. The van der Waals surface area contributed by atoms with Crippen LogP contribution in [0.4, 0.5) is 5.69 Å². The number of carbonyl (C=O) groups is 1. The maximum Gasteiger partial charge on any atom is 0.341 e. The Morgan fingerprint density at radius 2 is 1.81 bits per heavy atom. The van der Waals surface area contributed by atoms with Gasteiger partial charge >= 0.3 is 5.97 Å². The third-order valence-electron chi connectivity index (χ3n) is 3.12. The Labute approximate surface area is 124 Å². The lowest BCUT2D eigenvalue weighted by molar-refractivity contribution is 0.0595. The Bertz CT molecular complexity index is 609. The predicted octanol–water partition coefficient (Wildman–Crippen LogP) is 3.12. The zero-order valence-corrected chi connectivity index (χ0v) is 12.5. The summed E-state index contributed by atoms with van der Waals surface area (Å²) in [6, 6.07) is 15.3. The highest BCUT2D eigenvalue weighted by molar-refractivity contribution is 5.93. The monoisotopic (exact) mass is 285 g/mol. The summed E-state index contributed by atoms with van der Waals surface area (Å²) in [5, 5.41) is 0. The first-order valence-corrected chi connectivity index (χ1v) is 6.68. The number of ether oxygens (including phenoxy) is 2. The van der Waals surface area contributed by atoms with E-state index in [0.29, 0.717) is 17.9 Å². The van der Waals surface area contributed by atoms with E-state index in [1.54, 1.807) is 12.1 Å². The molecule has 0 bridgehead atoms. The molecule has 4 nitrogen and oxygen atoms in total. The van der Waals surface area contributed by atoms with Crippen LogP contribution in [0, 0.1) is 0 Å². The van der Waals surface area contributed by atoms with Crippen molar-refractivity contribution in [2.75, 3.05) is 26.1 Å². The van der Waals surface area contributed by atoms with Gasteiger partial charge in [0.1, 0.15) is 17.9 Å².